The molecule has 1 saturated heterocycles. The van der Waals surface area contributed by atoms with Crippen molar-refractivity contribution in [2.24, 2.45) is 0 Å². The molecule has 3 aromatic rings. The quantitative estimate of drug-likeness (QED) is 0.742. The third-order valence-electron chi connectivity index (χ3n) is 4.90. The van der Waals surface area contributed by atoms with E-state index in [4.69, 9.17) is 9.26 Å². The number of amides is 1. The third-order valence-corrected chi connectivity index (χ3v) is 4.90. The van der Waals surface area contributed by atoms with Gasteiger partial charge in [-0.3, -0.25) is 9.78 Å². The number of nitrogens with zero attached hydrogens (tertiary/aromatic N) is 4. The summed E-state index contributed by atoms with van der Waals surface area (Å²) in [6.07, 6.45) is 3.10. The summed E-state index contributed by atoms with van der Waals surface area (Å²) in [5.74, 6) is 1.39. The molecule has 0 unspecified atom stereocenters. The highest BCUT2D eigenvalue weighted by Gasteiger charge is 2.29. The van der Waals surface area contributed by atoms with Crippen molar-refractivity contribution in [2.75, 3.05) is 20.2 Å². The summed E-state index contributed by atoms with van der Waals surface area (Å²) in [4.78, 5) is 23.2. The molecule has 1 N–H and O–H groups in total. The average molecular weight is 380 g/mol. The first-order chi connectivity index (χ1) is 13.7. The van der Waals surface area contributed by atoms with E-state index in [1.807, 2.05) is 18.2 Å². The topological polar surface area (TPSA) is 102 Å². The number of rotatable bonds is 4. The molecule has 1 aromatic carbocycles. The Morgan fingerprint density at radius 3 is 2.79 bits per heavy atom. The highest BCUT2D eigenvalue weighted by molar-refractivity contribution is 5.97. The lowest BCUT2D eigenvalue weighted by Crippen LogP contribution is -2.38. The van der Waals surface area contributed by atoms with E-state index >= 15 is 0 Å². The van der Waals surface area contributed by atoms with Crippen LogP contribution >= 0.6 is 0 Å². The second kappa shape index (κ2) is 7.67. The molecule has 2 aromatic heterocycles. The summed E-state index contributed by atoms with van der Waals surface area (Å²) >= 11 is 0. The van der Waals surface area contributed by atoms with Gasteiger partial charge in [0.05, 0.1) is 12.7 Å². The molecule has 0 radical (unpaired) electrons. The minimum atomic E-state index is -0.213. The summed E-state index contributed by atoms with van der Waals surface area (Å²) in [6, 6.07) is 10.2. The number of carbonyl (C=O) groups excluding carboxylic acids is 1. The van der Waals surface area contributed by atoms with Crippen LogP contribution in [0, 0.1) is 0 Å². The molecule has 4 rings (SSSR count). The van der Waals surface area contributed by atoms with Crippen LogP contribution < -0.4 is 4.74 Å². The van der Waals surface area contributed by atoms with E-state index in [1.165, 1.54) is 13.2 Å². The van der Waals surface area contributed by atoms with Gasteiger partial charge in [0.2, 0.25) is 11.7 Å². The van der Waals surface area contributed by atoms with Crippen molar-refractivity contribution < 1.29 is 19.2 Å². The molecule has 3 heterocycles. The van der Waals surface area contributed by atoms with Gasteiger partial charge in [-0.25, -0.2) is 0 Å². The highest BCUT2D eigenvalue weighted by atomic mass is 16.5. The molecule has 1 aliphatic heterocycles. The number of aromatic hydroxyl groups is 1. The Kier molecular flexibility index (Phi) is 4.92. The van der Waals surface area contributed by atoms with E-state index in [-0.39, 0.29) is 23.1 Å². The predicted octanol–water partition coefficient (Wildman–Crippen LogP) is 2.87. The third kappa shape index (κ3) is 3.53. The zero-order valence-corrected chi connectivity index (χ0v) is 15.4. The van der Waals surface area contributed by atoms with Crippen molar-refractivity contribution in [3.63, 3.8) is 0 Å². The summed E-state index contributed by atoms with van der Waals surface area (Å²) in [6.45, 7) is 1.09. The Balaban J connectivity index is 1.42. The molecule has 1 amide bonds. The van der Waals surface area contributed by atoms with Crippen molar-refractivity contribution in [2.45, 2.75) is 18.8 Å². The summed E-state index contributed by atoms with van der Waals surface area (Å²) < 4.78 is 10.6. The zero-order valence-electron chi connectivity index (χ0n) is 15.4. The van der Waals surface area contributed by atoms with Crippen LogP contribution in [-0.2, 0) is 0 Å². The number of phenolic OH excluding ortho intramolecular Hbond substituents is 1. The molecule has 0 bridgehead atoms. The van der Waals surface area contributed by atoms with Crippen LogP contribution in [0.3, 0.4) is 0 Å². The van der Waals surface area contributed by atoms with Crippen LogP contribution in [0.1, 0.15) is 35.0 Å². The van der Waals surface area contributed by atoms with E-state index in [0.717, 1.165) is 0 Å². The largest absolute Gasteiger partial charge is 0.507 e. The van der Waals surface area contributed by atoms with Crippen molar-refractivity contribution >= 4 is 5.91 Å². The zero-order chi connectivity index (χ0) is 19.5. The molecule has 8 heteroatoms. The van der Waals surface area contributed by atoms with E-state index < -0.39 is 0 Å². The molecule has 0 atom stereocenters. The number of likely N-dealkylation sites (tertiary alicyclic amines) is 1. The van der Waals surface area contributed by atoms with E-state index in [2.05, 4.69) is 15.1 Å². The number of hydrogen-bond donors (Lipinski definition) is 1. The fourth-order valence-electron chi connectivity index (χ4n) is 3.31. The van der Waals surface area contributed by atoms with Gasteiger partial charge < -0.3 is 19.3 Å². The van der Waals surface area contributed by atoms with Gasteiger partial charge in [0.25, 0.3) is 5.91 Å². The fourth-order valence-corrected chi connectivity index (χ4v) is 3.31. The number of piperidine rings is 1. The lowest BCUT2D eigenvalue weighted by atomic mass is 9.96. The van der Waals surface area contributed by atoms with Gasteiger partial charge in [-0.2, -0.15) is 4.98 Å². The number of methoxy groups -OCH3 is 1. The molecule has 28 heavy (non-hydrogen) atoms. The Hall–Kier alpha value is -3.42. The average Bonchev–Trinajstić information content (AvgIpc) is 3.25. The van der Waals surface area contributed by atoms with Crippen molar-refractivity contribution in [3.8, 4) is 23.0 Å². The van der Waals surface area contributed by atoms with Gasteiger partial charge in [-0.15, -0.1) is 0 Å². The maximum absolute atomic E-state index is 12.8. The maximum Gasteiger partial charge on any atom is 0.257 e. The standard InChI is InChI=1S/C20H20N4O4/c1-27-14-5-6-17(25)15(12-14)20(26)24-10-7-13(8-11-24)19-22-18(23-28-19)16-4-2-3-9-21-16/h2-6,9,12-13,25H,7-8,10-11H2,1H3. The minimum Gasteiger partial charge on any atom is -0.507 e. The lowest BCUT2D eigenvalue weighted by molar-refractivity contribution is 0.0701. The number of aromatic nitrogens is 3. The minimum absolute atomic E-state index is 0.0511. The van der Waals surface area contributed by atoms with Crippen LogP contribution in [-0.4, -0.2) is 51.2 Å². The van der Waals surface area contributed by atoms with Crippen molar-refractivity contribution in [3.05, 3.63) is 54.0 Å². The summed E-state index contributed by atoms with van der Waals surface area (Å²) in [7, 11) is 1.52. The van der Waals surface area contributed by atoms with Gasteiger partial charge in [0.1, 0.15) is 17.2 Å². The van der Waals surface area contributed by atoms with Crippen LogP contribution in [0.2, 0.25) is 0 Å². The molecule has 144 valence electrons. The molecular formula is C20H20N4O4. The molecule has 0 saturated carbocycles. The number of carbonyl (C=O) groups is 1. The molecule has 0 spiro atoms. The highest BCUT2D eigenvalue weighted by Crippen LogP contribution is 2.30. The van der Waals surface area contributed by atoms with E-state index in [0.29, 0.717) is 49.1 Å². The lowest BCUT2D eigenvalue weighted by Gasteiger charge is -2.30. The van der Waals surface area contributed by atoms with E-state index in [9.17, 15) is 9.90 Å². The Labute approximate surface area is 161 Å². The fraction of sp³-hybridized carbons (Fsp3) is 0.300. The Morgan fingerprint density at radius 2 is 2.07 bits per heavy atom. The van der Waals surface area contributed by atoms with Gasteiger partial charge >= 0.3 is 0 Å². The van der Waals surface area contributed by atoms with Crippen molar-refractivity contribution in [1.29, 1.82) is 0 Å². The Morgan fingerprint density at radius 1 is 1.25 bits per heavy atom. The molecule has 8 nitrogen and oxygen atoms in total. The number of pyridine rings is 1. The van der Waals surface area contributed by atoms with Crippen LogP contribution in [0.25, 0.3) is 11.5 Å². The second-order valence-corrected chi connectivity index (χ2v) is 6.62. The first-order valence-corrected chi connectivity index (χ1v) is 9.07. The number of hydrogen-bond acceptors (Lipinski definition) is 7. The molecule has 1 fully saturated rings. The number of ether oxygens (including phenoxy) is 1. The molecular weight excluding hydrogens is 360 g/mol. The van der Waals surface area contributed by atoms with E-state index in [1.54, 1.807) is 23.2 Å². The van der Waals surface area contributed by atoms with Gasteiger partial charge in [0, 0.05) is 25.2 Å². The van der Waals surface area contributed by atoms with Crippen molar-refractivity contribution in [1.82, 2.24) is 20.0 Å². The normalized spacial score (nSPS) is 14.8. The van der Waals surface area contributed by atoms with Crippen LogP contribution in [0.15, 0.2) is 47.1 Å². The molecule has 0 aliphatic carbocycles. The summed E-state index contributed by atoms with van der Waals surface area (Å²) in [5.41, 5.74) is 0.909. The predicted molar refractivity (Wildman–Crippen MR) is 100 cm³/mol. The first-order valence-electron chi connectivity index (χ1n) is 9.07. The first kappa shape index (κ1) is 18.0. The van der Waals surface area contributed by atoms with Gasteiger partial charge in [-0.1, -0.05) is 11.2 Å². The monoisotopic (exact) mass is 380 g/mol. The SMILES string of the molecule is COc1ccc(O)c(C(=O)N2CCC(c3nc(-c4ccccn4)no3)CC2)c1. The van der Waals surface area contributed by atoms with Crippen LogP contribution in [0.5, 0.6) is 11.5 Å². The second-order valence-electron chi connectivity index (χ2n) is 6.62. The van der Waals surface area contributed by atoms with Gasteiger partial charge in [-0.05, 0) is 43.2 Å². The smallest absolute Gasteiger partial charge is 0.257 e. The molecule has 1 aliphatic rings. The number of phenols is 1. The maximum atomic E-state index is 12.8. The Bertz CT molecular complexity index is 965. The summed E-state index contributed by atoms with van der Waals surface area (Å²) in [5, 5.41) is 14.0. The number of benzene rings is 1. The van der Waals surface area contributed by atoms with Gasteiger partial charge in [0.15, 0.2) is 0 Å². The van der Waals surface area contributed by atoms with Crippen LogP contribution in [0.4, 0.5) is 0 Å².